The summed E-state index contributed by atoms with van der Waals surface area (Å²) >= 11 is 1.87. The Morgan fingerprint density at radius 2 is 1.94 bits per heavy atom. The van der Waals surface area contributed by atoms with E-state index in [1.54, 1.807) is 0 Å². The van der Waals surface area contributed by atoms with Crippen molar-refractivity contribution in [2.24, 2.45) is 5.92 Å². The van der Waals surface area contributed by atoms with Gasteiger partial charge in [0.2, 0.25) is 0 Å². The lowest BCUT2D eigenvalue weighted by Crippen LogP contribution is -1.93. The SMILES string of the molecule is Cc1ccc(-c2cccc(CC(C)C)c2)s1. The van der Waals surface area contributed by atoms with Crippen LogP contribution in [-0.2, 0) is 6.42 Å². The van der Waals surface area contributed by atoms with Gasteiger partial charge in [-0.3, -0.25) is 0 Å². The molecule has 16 heavy (non-hydrogen) atoms. The standard InChI is InChI=1S/C15H18S/c1-11(2)9-13-5-4-6-14(10-13)15-8-7-12(3)16-15/h4-8,10-11H,9H2,1-3H3. The van der Waals surface area contributed by atoms with E-state index in [1.807, 2.05) is 11.3 Å². The van der Waals surface area contributed by atoms with Crippen LogP contribution < -0.4 is 0 Å². The van der Waals surface area contributed by atoms with E-state index >= 15 is 0 Å². The quantitative estimate of drug-likeness (QED) is 0.702. The molecular weight excluding hydrogens is 212 g/mol. The fourth-order valence-electron chi connectivity index (χ4n) is 1.91. The van der Waals surface area contributed by atoms with Crippen molar-refractivity contribution in [2.75, 3.05) is 0 Å². The predicted octanol–water partition coefficient (Wildman–Crippen LogP) is 4.92. The summed E-state index contributed by atoms with van der Waals surface area (Å²) in [5.74, 6) is 0.723. The van der Waals surface area contributed by atoms with Gasteiger partial charge in [-0.15, -0.1) is 11.3 Å². The number of rotatable bonds is 3. The van der Waals surface area contributed by atoms with Gasteiger partial charge in [0, 0.05) is 9.75 Å². The average molecular weight is 230 g/mol. The van der Waals surface area contributed by atoms with E-state index in [9.17, 15) is 0 Å². The van der Waals surface area contributed by atoms with E-state index in [0.717, 1.165) is 12.3 Å². The molecule has 0 bridgehead atoms. The first-order valence-corrected chi connectivity index (χ1v) is 6.62. The Morgan fingerprint density at radius 3 is 2.56 bits per heavy atom. The molecule has 0 saturated carbocycles. The fourth-order valence-corrected chi connectivity index (χ4v) is 2.78. The van der Waals surface area contributed by atoms with Crippen LogP contribution in [0.2, 0.25) is 0 Å². The highest BCUT2D eigenvalue weighted by atomic mass is 32.1. The maximum absolute atomic E-state index is 2.32. The van der Waals surface area contributed by atoms with Crippen LogP contribution in [-0.4, -0.2) is 0 Å². The van der Waals surface area contributed by atoms with Crippen molar-refractivity contribution < 1.29 is 0 Å². The van der Waals surface area contributed by atoms with Gasteiger partial charge in [0.15, 0.2) is 0 Å². The van der Waals surface area contributed by atoms with Crippen LogP contribution in [0, 0.1) is 12.8 Å². The molecule has 0 aliphatic heterocycles. The maximum atomic E-state index is 2.32. The van der Waals surface area contributed by atoms with Crippen LogP contribution in [0.15, 0.2) is 36.4 Å². The van der Waals surface area contributed by atoms with Crippen molar-refractivity contribution in [1.29, 1.82) is 0 Å². The normalized spacial score (nSPS) is 11.0. The lowest BCUT2D eigenvalue weighted by atomic mass is 10.0. The predicted molar refractivity (Wildman–Crippen MR) is 73.0 cm³/mol. The molecule has 0 aliphatic rings. The lowest BCUT2D eigenvalue weighted by Gasteiger charge is -2.06. The van der Waals surface area contributed by atoms with Gasteiger partial charge >= 0.3 is 0 Å². The van der Waals surface area contributed by atoms with E-state index < -0.39 is 0 Å². The molecule has 84 valence electrons. The molecule has 0 radical (unpaired) electrons. The zero-order valence-electron chi connectivity index (χ0n) is 10.2. The van der Waals surface area contributed by atoms with E-state index in [1.165, 1.54) is 20.9 Å². The summed E-state index contributed by atoms with van der Waals surface area (Å²) in [5.41, 5.74) is 2.80. The van der Waals surface area contributed by atoms with Crippen LogP contribution in [0.25, 0.3) is 10.4 Å². The van der Waals surface area contributed by atoms with Gasteiger partial charge < -0.3 is 0 Å². The molecule has 1 aromatic carbocycles. The summed E-state index contributed by atoms with van der Waals surface area (Å²) < 4.78 is 0. The largest absolute Gasteiger partial charge is 0.141 e. The number of thiophene rings is 1. The molecule has 1 heterocycles. The van der Waals surface area contributed by atoms with Crippen LogP contribution in [0.1, 0.15) is 24.3 Å². The monoisotopic (exact) mass is 230 g/mol. The Bertz CT molecular complexity index is 466. The van der Waals surface area contributed by atoms with Crippen molar-refractivity contribution in [1.82, 2.24) is 0 Å². The van der Waals surface area contributed by atoms with E-state index in [0.29, 0.717) is 0 Å². The van der Waals surface area contributed by atoms with Gasteiger partial charge in [-0.1, -0.05) is 38.1 Å². The second-order valence-electron chi connectivity index (χ2n) is 4.71. The smallest absolute Gasteiger partial charge is 0.0345 e. The zero-order chi connectivity index (χ0) is 11.5. The number of aryl methyl sites for hydroxylation is 1. The molecule has 2 aromatic rings. The third-order valence-corrected chi connectivity index (χ3v) is 3.65. The Kier molecular flexibility index (Phi) is 3.45. The molecule has 1 aromatic heterocycles. The fraction of sp³-hybridized carbons (Fsp3) is 0.333. The van der Waals surface area contributed by atoms with E-state index in [-0.39, 0.29) is 0 Å². The summed E-state index contributed by atoms with van der Waals surface area (Å²) in [6, 6.07) is 13.3. The number of hydrogen-bond donors (Lipinski definition) is 0. The third kappa shape index (κ3) is 2.73. The number of benzene rings is 1. The van der Waals surface area contributed by atoms with Crippen molar-refractivity contribution in [2.45, 2.75) is 27.2 Å². The maximum Gasteiger partial charge on any atom is 0.0345 e. The molecule has 1 heteroatoms. The Balaban J connectivity index is 2.28. The summed E-state index contributed by atoms with van der Waals surface area (Å²) in [4.78, 5) is 2.76. The average Bonchev–Trinajstić information content (AvgIpc) is 2.64. The summed E-state index contributed by atoms with van der Waals surface area (Å²) in [7, 11) is 0. The first-order valence-electron chi connectivity index (χ1n) is 5.81. The first-order chi connectivity index (χ1) is 7.65. The lowest BCUT2D eigenvalue weighted by molar-refractivity contribution is 0.647. The van der Waals surface area contributed by atoms with Crippen molar-refractivity contribution in [3.63, 3.8) is 0 Å². The summed E-state index contributed by atoms with van der Waals surface area (Å²) in [5, 5.41) is 0. The Morgan fingerprint density at radius 1 is 1.12 bits per heavy atom. The Labute approximate surface area is 102 Å². The minimum Gasteiger partial charge on any atom is -0.141 e. The van der Waals surface area contributed by atoms with Gasteiger partial charge in [0.05, 0.1) is 0 Å². The van der Waals surface area contributed by atoms with Crippen molar-refractivity contribution >= 4 is 11.3 Å². The molecule has 2 rings (SSSR count). The second kappa shape index (κ2) is 4.84. The highest BCUT2D eigenvalue weighted by Gasteiger charge is 2.03. The topological polar surface area (TPSA) is 0 Å². The zero-order valence-corrected chi connectivity index (χ0v) is 11.0. The molecule has 0 amide bonds. The van der Waals surface area contributed by atoms with Gasteiger partial charge in [0.1, 0.15) is 0 Å². The van der Waals surface area contributed by atoms with Gasteiger partial charge in [-0.25, -0.2) is 0 Å². The highest BCUT2D eigenvalue weighted by Crippen LogP contribution is 2.28. The number of hydrogen-bond acceptors (Lipinski definition) is 1. The molecular formula is C15H18S. The third-order valence-electron chi connectivity index (χ3n) is 2.60. The Hall–Kier alpha value is -1.08. The van der Waals surface area contributed by atoms with E-state index in [2.05, 4.69) is 57.2 Å². The summed E-state index contributed by atoms with van der Waals surface area (Å²) in [6.45, 7) is 6.69. The molecule has 0 saturated heterocycles. The van der Waals surface area contributed by atoms with Crippen LogP contribution >= 0.6 is 11.3 Å². The van der Waals surface area contributed by atoms with Crippen molar-refractivity contribution in [3.05, 3.63) is 46.8 Å². The minimum absolute atomic E-state index is 0.723. The van der Waals surface area contributed by atoms with Gasteiger partial charge in [-0.05, 0) is 42.5 Å². The molecule has 0 fully saturated rings. The van der Waals surface area contributed by atoms with Gasteiger partial charge in [-0.2, -0.15) is 0 Å². The molecule has 0 nitrogen and oxygen atoms in total. The summed E-state index contributed by atoms with van der Waals surface area (Å²) in [6.07, 6.45) is 1.16. The van der Waals surface area contributed by atoms with Gasteiger partial charge in [0.25, 0.3) is 0 Å². The van der Waals surface area contributed by atoms with Crippen LogP contribution in [0.3, 0.4) is 0 Å². The van der Waals surface area contributed by atoms with Crippen LogP contribution in [0.5, 0.6) is 0 Å². The van der Waals surface area contributed by atoms with Crippen molar-refractivity contribution in [3.8, 4) is 10.4 Å². The molecule has 0 spiro atoms. The van der Waals surface area contributed by atoms with Crippen LogP contribution in [0.4, 0.5) is 0 Å². The van der Waals surface area contributed by atoms with E-state index in [4.69, 9.17) is 0 Å². The highest BCUT2D eigenvalue weighted by molar-refractivity contribution is 7.15. The second-order valence-corrected chi connectivity index (χ2v) is 6.00. The molecule has 0 atom stereocenters. The minimum atomic E-state index is 0.723. The first kappa shape index (κ1) is 11.4. The molecule has 0 aliphatic carbocycles. The molecule has 0 N–H and O–H groups in total. The molecule has 0 unspecified atom stereocenters.